The van der Waals surface area contributed by atoms with E-state index in [0.29, 0.717) is 0 Å². The summed E-state index contributed by atoms with van der Waals surface area (Å²) >= 11 is 0. The molecule has 7 nitrogen and oxygen atoms in total. The van der Waals surface area contributed by atoms with Crippen molar-refractivity contribution in [2.24, 2.45) is 0 Å². The minimum absolute atomic E-state index is 0.143. The summed E-state index contributed by atoms with van der Waals surface area (Å²) in [6.45, 7) is 2.85. The number of aliphatic hydroxyl groups excluding tert-OH is 1. The van der Waals surface area contributed by atoms with E-state index < -0.39 is 24.0 Å². The molecule has 21 heavy (non-hydrogen) atoms. The van der Waals surface area contributed by atoms with Crippen molar-refractivity contribution in [2.45, 2.75) is 12.5 Å². The van der Waals surface area contributed by atoms with Crippen LogP contribution in [0.25, 0.3) is 0 Å². The molecular weight excluding hydrogens is 280 g/mol. The van der Waals surface area contributed by atoms with Gasteiger partial charge in [0.1, 0.15) is 6.61 Å². The molecule has 0 aliphatic carbocycles. The molecule has 0 amide bonds. The van der Waals surface area contributed by atoms with Crippen LogP contribution < -0.4 is 0 Å². The van der Waals surface area contributed by atoms with Gasteiger partial charge >= 0.3 is 17.9 Å². The molecule has 1 aromatic rings. The third-order valence-corrected chi connectivity index (χ3v) is 2.64. The number of hydrogen-bond donors (Lipinski definition) is 3. The Balaban J connectivity index is 2.95. The molecule has 112 valence electrons. The summed E-state index contributed by atoms with van der Waals surface area (Å²) < 4.78 is 4.63. The smallest absolute Gasteiger partial charge is 0.336 e. The Kier molecular flexibility index (Phi) is 5.62. The van der Waals surface area contributed by atoms with Crippen molar-refractivity contribution in [1.82, 2.24) is 0 Å². The standard InChI is InChI=1S/C14H14O7/c1-2-11(16)21-7-9(15)6-8-4-3-5-10(13(17)18)12(8)14(19)20/h2-5,9,15H,1,6-7H2,(H,17,18)(H,19,20). The molecule has 1 atom stereocenters. The zero-order valence-electron chi connectivity index (χ0n) is 11.0. The minimum atomic E-state index is -1.40. The summed E-state index contributed by atoms with van der Waals surface area (Å²) in [6.07, 6.45) is -0.385. The number of carbonyl (C=O) groups excluding carboxylic acids is 1. The molecular formula is C14H14O7. The van der Waals surface area contributed by atoms with E-state index in [9.17, 15) is 19.5 Å². The first-order valence-corrected chi connectivity index (χ1v) is 5.92. The molecule has 0 heterocycles. The largest absolute Gasteiger partial charge is 0.478 e. The number of ether oxygens (including phenoxy) is 1. The Bertz CT molecular complexity index is 577. The Labute approximate surface area is 120 Å². The molecule has 0 aliphatic rings. The fourth-order valence-electron chi connectivity index (χ4n) is 1.75. The van der Waals surface area contributed by atoms with Crippen LogP contribution in [0.2, 0.25) is 0 Å². The third kappa shape index (κ3) is 4.43. The monoisotopic (exact) mass is 294 g/mol. The second-order valence-corrected chi connectivity index (χ2v) is 4.14. The van der Waals surface area contributed by atoms with Crippen LogP contribution in [0, 0.1) is 0 Å². The molecule has 0 fully saturated rings. The average Bonchev–Trinajstić information content (AvgIpc) is 2.44. The van der Waals surface area contributed by atoms with E-state index in [0.717, 1.165) is 6.08 Å². The van der Waals surface area contributed by atoms with Crippen LogP contribution in [0.15, 0.2) is 30.9 Å². The van der Waals surface area contributed by atoms with Crippen molar-refractivity contribution >= 4 is 17.9 Å². The number of hydrogen-bond acceptors (Lipinski definition) is 5. The van der Waals surface area contributed by atoms with Crippen molar-refractivity contribution in [2.75, 3.05) is 6.61 Å². The number of carbonyl (C=O) groups is 3. The van der Waals surface area contributed by atoms with E-state index in [1.54, 1.807) is 0 Å². The molecule has 1 aromatic carbocycles. The van der Waals surface area contributed by atoms with Crippen LogP contribution in [0.3, 0.4) is 0 Å². The Hall–Kier alpha value is -2.67. The van der Waals surface area contributed by atoms with Gasteiger partial charge in [-0.15, -0.1) is 0 Å². The van der Waals surface area contributed by atoms with Crippen molar-refractivity contribution in [3.8, 4) is 0 Å². The highest BCUT2D eigenvalue weighted by Gasteiger charge is 2.21. The summed E-state index contributed by atoms with van der Waals surface area (Å²) in [5, 5.41) is 27.8. The lowest BCUT2D eigenvalue weighted by Crippen LogP contribution is -2.22. The lowest BCUT2D eigenvalue weighted by molar-refractivity contribution is -0.140. The topological polar surface area (TPSA) is 121 Å². The fourth-order valence-corrected chi connectivity index (χ4v) is 1.75. The zero-order chi connectivity index (χ0) is 16.0. The van der Waals surface area contributed by atoms with Gasteiger partial charge in [0.15, 0.2) is 0 Å². The zero-order valence-corrected chi connectivity index (χ0v) is 11.0. The lowest BCUT2D eigenvalue weighted by Gasteiger charge is -2.13. The molecule has 0 saturated heterocycles. The van der Waals surface area contributed by atoms with Gasteiger partial charge in [-0.2, -0.15) is 0 Å². The van der Waals surface area contributed by atoms with Crippen LogP contribution >= 0.6 is 0 Å². The van der Waals surface area contributed by atoms with Crippen LogP contribution in [-0.4, -0.2) is 45.9 Å². The molecule has 1 unspecified atom stereocenters. The quantitative estimate of drug-likeness (QED) is 0.500. The molecule has 0 aromatic heterocycles. The predicted octanol–water partition coefficient (Wildman–Crippen LogP) is 0.716. The summed E-state index contributed by atoms with van der Waals surface area (Å²) in [5.74, 6) is -3.49. The maximum absolute atomic E-state index is 11.2. The van der Waals surface area contributed by atoms with Crippen molar-refractivity contribution in [3.05, 3.63) is 47.5 Å². The van der Waals surface area contributed by atoms with Gasteiger partial charge in [-0.05, 0) is 11.6 Å². The fraction of sp³-hybridized carbons (Fsp3) is 0.214. The molecule has 3 N–H and O–H groups in total. The Morgan fingerprint density at radius 1 is 1.24 bits per heavy atom. The number of esters is 1. The Morgan fingerprint density at radius 2 is 1.90 bits per heavy atom. The van der Waals surface area contributed by atoms with Gasteiger partial charge in [-0.1, -0.05) is 18.7 Å². The van der Waals surface area contributed by atoms with Crippen LogP contribution in [0.1, 0.15) is 26.3 Å². The number of carboxylic acids is 2. The van der Waals surface area contributed by atoms with E-state index in [2.05, 4.69) is 11.3 Å². The molecule has 0 radical (unpaired) electrons. The third-order valence-electron chi connectivity index (χ3n) is 2.64. The van der Waals surface area contributed by atoms with Crippen LogP contribution in [0.5, 0.6) is 0 Å². The van der Waals surface area contributed by atoms with Crippen molar-refractivity contribution in [1.29, 1.82) is 0 Å². The second-order valence-electron chi connectivity index (χ2n) is 4.14. The first kappa shape index (κ1) is 16.4. The van der Waals surface area contributed by atoms with Crippen LogP contribution in [-0.2, 0) is 16.0 Å². The van der Waals surface area contributed by atoms with Gasteiger partial charge in [0.05, 0.1) is 17.2 Å². The molecule has 0 bridgehead atoms. The van der Waals surface area contributed by atoms with Gasteiger partial charge in [-0.25, -0.2) is 14.4 Å². The highest BCUT2D eigenvalue weighted by atomic mass is 16.5. The van der Waals surface area contributed by atoms with Crippen molar-refractivity contribution < 1.29 is 34.4 Å². The molecule has 0 aliphatic heterocycles. The first-order valence-electron chi connectivity index (χ1n) is 5.92. The van der Waals surface area contributed by atoms with E-state index >= 15 is 0 Å². The van der Waals surface area contributed by atoms with E-state index in [-0.39, 0.29) is 29.7 Å². The minimum Gasteiger partial charge on any atom is -0.478 e. The van der Waals surface area contributed by atoms with Gasteiger partial charge in [0.2, 0.25) is 0 Å². The highest BCUT2D eigenvalue weighted by molar-refractivity contribution is 6.02. The SMILES string of the molecule is C=CC(=O)OCC(O)Cc1cccc(C(=O)O)c1C(=O)O. The number of rotatable bonds is 7. The molecule has 7 heteroatoms. The van der Waals surface area contributed by atoms with Gasteiger partial charge in [-0.3, -0.25) is 0 Å². The van der Waals surface area contributed by atoms with Gasteiger partial charge in [0.25, 0.3) is 0 Å². The van der Waals surface area contributed by atoms with Crippen LogP contribution in [0.4, 0.5) is 0 Å². The van der Waals surface area contributed by atoms with Crippen molar-refractivity contribution in [3.63, 3.8) is 0 Å². The molecule has 0 spiro atoms. The predicted molar refractivity (Wildman–Crippen MR) is 71.2 cm³/mol. The summed E-state index contributed by atoms with van der Waals surface area (Å²) in [7, 11) is 0. The maximum Gasteiger partial charge on any atom is 0.336 e. The number of aliphatic hydroxyl groups is 1. The van der Waals surface area contributed by atoms with E-state index in [1.807, 2.05) is 0 Å². The normalized spacial score (nSPS) is 11.5. The first-order chi connectivity index (χ1) is 9.86. The van der Waals surface area contributed by atoms with Gasteiger partial charge in [0, 0.05) is 12.5 Å². The van der Waals surface area contributed by atoms with E-state index in [4.69, 9.17) is 10.2 Å². The number of aromatic carboxylic acids is 2. The second kappa shape index (κ2) is 7.20. The maximum atomic E-state index is 11.2. The number of benzene rings is 1. The lowest BCUT2D eigenvalue weighted by atomic mass is 9.97. The summed E-state index contributed by atoms with van der Waals surface area (Å²) in [6, 6.07) is 3.95. The van der Waals surface area contributed by atoms with E-state index in [1.165, 1.54) is 18.2 Å². The number of carboxylic acid groups (broad SMARTS) is 2. The summed E-state index contributed by atoms with van der Waals surface area (Å²) in [4.78, 5) is 33.1. The summed E-state index contributed by atoms with van der Waals surface area (Å²) in [5.41, 5.74) is -0.612. The highest BCUT2D eigenvalue weighted by Crippen LogP contribution is 2.17. The molecule has 0 saturated carbocycles. The average molecular weight is 294 g/mol. The Morgan fingerprint density at radius 3 is 2.43 bits per heavy atom. The molecule has 1 rings (SSSR count). The van der Waals surface area contributed by atoms with Gasteiger partial charge < -0.3 is 20.1 Å².